The summed E-state index contributed by atoms with van der Waals surface area (Å²) in [5.41, 5.74) is 6.80. The minimum Gasteiger partial charge on any atom is -0.389 e. The fraction of sp³-hybridized carbons (Fsp3) is 0.364. The maximum absolute atomic E-state index is 10.8. The Kier molecular flexibility index (Phi) is 4.32. The summed E-state index contributed by atoms with van der Waals surface area (Å²) in [7, 11) is 1.79. The monoisotopic (exact) mass is 286 g/mol. The molecule has 0 saturated carbocycles. The number of anilines is 1. The number of benzene rings is 1. The first-order valence-corrected chi connectivity index (χ1v) is 5.68. The van der Waals surface area contributed by atoms with E-state index in [0.717, 1.165) is 15.7 Å². The zero-order valence-electron chi connectivity index (χ0n) is 9.27. The standard InChI is InChI=1S/C11H15BrN2O2/c1-7(15)9-4-3-8(5-10(9)12)14(2)6-11(13)16/h3-5,7,15H,6H2,1-2H3,(H2,13,16)/t7-/m0/s1. The van der Waals surface area contributed by atoms with Crippen molar-refractivity contribution in [1.82, 2.24) is 0 Å². The average Bonchev–Trinajstić information content (AvgIpc) is 2.15. The fourth-order valence-electron chi connectivity index (χ4n) is 1.42. The third-order valence-electron chi connectivity index (χ3n) is 2.27. The van der Waals surface area contributed by atoms with Crippen molar-refractivity contribution in [1.29, 1.82) is 0 Å². The Balaban J connectivity index is 2.92. The van der Waals surface area contributed by atoms with Crippen molar-refractivity contribution >= 4 is 27.5 Å². The molecule has 0 saturated heterocycles. The fourth-order valence-corrected chi connectivity index (χ4v) is 2.12. The highest BCUT2D eigenvalue weighted by atomic mass is 79.9. The number of hydrogen-bond acceptors (Lipinski definition) is 3. The number of primary amides is 1. The van der Waals surface area contributed by atoms with Crippen LogP contribution in [0.25, 0.3) is 0 Å². The van der Waals surface area contributed by atoms with Crippen LogP contribution in [0.3, 0.4) is 0 Å². The molecule has 4 nitrogen and oxygen atoms in total. The molecule has 0 spiro atoms. The molecule has 0 bridgehead atoms. The van der Waals surface area contributed by atoms with Gasteiger partial charge in [-0.25, -0.2) is 0 Å². The molecular weight excluding hydrogens is 272 g/mol. The van der Waals surface area contributed by atoms with Gasteiger partial charge in [-0.3, -0.25) is 4.79 Å². The number of likely N-dealkylation sites (N-methyl/N-ethyl adjacent to an activating group) is 1. The molecule has 0 unspecified atom stereocenters. The molecular formula is C11H15BrN2O2. The van der Waals surface area contributed by atoms with Gasteiger partial charge in [0.05, 0.1) is 12.6 Å². The summed E-state index contributed by atoms with van der Waals surface area (Å²) in [5, 5.41) is 9.46. The number of nitrogens with two attached hydrogens (primary N) is 1. The first-order valence-electron chi connectivity index (χ1n) is 4.88. The largest absolute Gasteiger partial charge is 0.389 e. The first kappa shape index (κ1) is 13.0. The number of aliphatic hydroxyl groups excluding tert-OH is 1. The molecule has 5 heteroatoms. The van der Waals surface area contributed by atoms with Gasteiger partial charge in [-0.2, -0.15) is 0 Å². The van der Waals surface area contributed by atoms with Crippen molar-refractivity contribution in [3.05, 3.63) is 28.2 Å². The second kappa shape index (κ2) is 5.32. The smallest absolute Gasteiger partial charge is 0.236 e. The lowest BCUT2D eigenvalue weighted by molar-refractivity contribution is -0.116. The Morgan fingerprint density at radius 3 is 2.69 bits per heavy atom. The molecule has 1 atom stereocenters. The summed E-state index contributed by atoms with van der Waals surface area (Å²) in [5.74, 6) is -0.377. The molecule has 1 aromatic rings. The second-order valence-electron chi connectivity index (χ2n) is 3.70. The maximum Gasteiger partial charge on any atom is 0.236 e. The van der Waals surface area contributed by atoms with Gasteiger partial charge in [-0.1, -0.05) is 22.0 Å². The van der Waals surface area contributed by atoms with Crippen molar-refractivity contribution in [3.8, 4) is 0 Å². The Morgan fingerprint density at radius 1 is 1.62 bits per heavy atom. The van der Waals surface area contributed by atoms with Gasteiger partial charge < -0.3 is 15.7 Å². The van der Waals surface area contributed by atoms with Crippen LogP contribution in [-0.4, -0.2) is 24.6 Å². The van der Waals surface area contributed by atoms with Crippen LogP contribution in [0.4, 0.5) is 5.69 Å². The zero-order chi connectivity index (χ0) is 12.3. The number of nitrogens with zero attached hydrogens (tertiary/aromatic N) is 1. The van der Waals surface area contributed by atoms with E-state index in [1.165, 1.54) is 0 Å². The van der Waals surface area contributed by atoms with Gasteiger partial charge in [-0.15, -0.1) is 0 Å². The van der Waals surface area contributed by atoms with E-state index >= 15 is 0 Å². The predicted molar refractivity (Wildman–Crippen MR) is 67.2 cm³/mol. The molecule has 1 amide bonds. The van der Waals surface area contributed by atoms with Crippen molar-refractivity contribution < 1.29 is 9.90 Å². The van der Waals surface area contributed by atoms with Crippen molar-refractivity contribution in [2.45, 2.75) is 13.0 Å². The van der Waals surface area contributed by atoms with E-state index in [-0.39, 0.29) is 12.5 Å². The van der Waals surface area contributed by atoms with Crippen LogP contribution in [0, 0.1) is 0 Å². The van der Waals surface area contributed by atoms with Crippen molar-refractivity contribution in [2.24, 2.45) is 5.73 Å². The van der Waals surface area contributed by atoms with Crippen LogP contribution in [0.1, 0.15) is 18.6 Å². The van der Waals surface area contributed by atoms with Crippen LogP contribution < -0.4 is 10.6 Å². The lowest BCUT2D eigenvalue weighted by atomic mass is 10.1. The molecule has 0 fully saturated rings. The molecule has 0 heterocycles. The molecule has 88 valence electrons. The Hall–Kier alpha value is -1.07. The van der Waals surface area contributed by atoms with E-state index < -0.39 is 6.10 Å². The topological polar surface area (TPSA) is 66.6 Å². The number of carbonyl (C=O) groups is 1. The summed E-state index contributed by atoms with van der Waals surface area (Å²) in [6, 6.07) is 5.52. The number of aliphatic hydroxyl groups is 1. The minimum absolute atomic E-state index is 0.167. The molecule has 0 aliphatic heterocycles. The molecule has 0 aromatic heterocycles. The lowest BCUT2D eigenvalue weighted by Crippen LogP contribution is -2.30. The van der Waals surface area contributed by atoms with Gasteiger partial charge in [-0.05, 0) is 24.6 Å². The third-order valence-corrected chi connectivity index (χ3v) is 2.95. The predicted octanol–water partition coefficient (Wildman–Crippen LogP) is 1.42. The summed E-state index contributed by atoms with van der Waals surface area (Å²) >= 11 is 3.38. The number of halogens is 1. The molecule has 16 heavy (non-hydrogen) atoms. The van der Waals surface area contributed by atoms with Crippen molar-refractivity contribution in [3.63, 3.8) is 0 Å². The van der Waals surface area contributed by atoms with Crippen LogP contribution in [0.15, 0.2) is 22.7 Å². The van der Waals surface area contributed by atoms with Crippen molar-refractivity contribution in [2.75, 3.05) is 18.5 Å². The number of amides is 1. The van der Waals surface area contributed by atoms with E-state index in [9.17, 15) is 9.90 Å². The first-order chi connectivity index (χ1) is 7.41. The second-order valence-corrected chi connectivity index (χ2v) is 4.56. The van der Waals surface area contributed by atoms with Crippen LogP contribution in [0.5, 0.6) is 0 Å². The zero-order valence-corrected chi connectivity index (χ0v) is 10.9. The molecule has 0 aliphatic rings. The van der Waals surface area contributed by atoms with E-state index in [1.807, 2.05) is 18.2 Å². The number of rotatable bonds is 4. The highest BCUT2D eigenvalue weighted by Gasteiger charge is 2.09. The normalized spacial score (nSPS) is 12.2. The van der Waals surface area contributed by atoms with Gasteiger partial charge >= 0.3 is 0 Å². The lowest BCUT2D eigenvalue weighted by Gasteiger charge is -2.19. The molecule has 0 radical (unpaired) electrons. The molecule has 3 N–H and O–H groups in total. The van der Waals surface area contributed by atoms with Crippen LogP contribution in [-0.2, 0) is 4.79 Å². The number of carbonyl (C=O) groups excluding carboxylic acids is 1. The quantitative estimate of drug-likeness (QED) is 0.880. The molecule has 1 rings (SSSR count). The Labute approximate surface area is 103 Å². The van der Waals surface area contributed by atoms with E-state index in [0.29, 0.717) is 0 Å². The van der Waals surface area contributed by atoms with E-state index in [1.54, 1.807) is 18.9 Å². The Morgan fingerprint density at radius 2 is 2.25 bits per heavy atom. The van der Waals surface area contributed by atoms with E-state index in [4.69, 9.17) is 5.73 Å². The highest BCUT2D eigenvalue weighted by molar-refractivity contribution is 9.10. The van der Waals surface area contributed by atoms with Gasteiger partial charge in [0, 0.05) is 17.2 Å². The summed E-state index contributed by atoms with van der Waals surface area (Å²) < 4.78 is 0.816. The third kappa shape index (κ3) is 3.21. The minimum atomic E-state index is -0.523. The SMILES string of the molecule is C[C@H](O)c1ccc(N(C)CC(N)=O)cc1Br. The van der Waals surface area contributed by atoms with Crippen LogP contribution >= 0.6 is 15.9 Å². The molecule has 0 aliphatic carbocycles. The van der Waals surface area contributed by atoms with Gasteiger partial charge in [0.2, 0.25) is 5.91 Å². The average molecular weight is 287 g/mol. The van der Waals surface area contributed by atoms with Crippen LogP contribution in [0.2, 0.25) is 0 Å². The van der Waals surface area contributed by atoms with E-state index in [2.05, 4.69) is 15.9 Å². The summed E-state index contributed by atoms with van der Waals surface area (Å²) in [6.45, 7) is 1.87. The van der Waals surface area contributed by atoms with Gasteiger partial charge in [0.1, 0.15) is 0 Å². The maximum atomic E-state index is 10.8. The summed E-state index contributed by atoms with van der Waals surface area (Å²) in [6.07, 6.45) is -0.523. The summed E-state index contributed by atoms with van der Waals surface area (Å²) in [4.78, 5) is 12.5. The molecule has 1 aromatic carbocycles. The highest BCUT2D eigenvalue weighted by Crippen LogP contribution is 2.27. The Bertz CT molecular complexity index is 394. The van der Waals surface area contributed by atoms with Gasteiger partial charge in [0.25, 0.3) is 0 Å². The van der Waals surface area contributed by atoms with Gasteiger partial charge in [0.15, 0.2) is 0 Å². The number of hydrogen-bond donors (Lipinski definition) is 2.